The van der Waals surface area contributed by atoms with Crippen molar-refractivity contribution in [3.8, 4) is 5.75 Å². The van der Waals surface area contributed by atoms with Gasteiger partial charge in [0.05, 0.1) is 6.61 Å². The predicted molar refractivity (Wildman–Crippen MR) is 72.2 cm³/mol. The summed E-state index contributed by atoms with van der Waals surface area (Å²) in [6, 6.07) is 5.84. The molecule has 0 aromatic heterocycles. The molecule has 1 aliphatic carbocycles. The molecule has 0 spiro atoms. The van der Waals surface area contributed by atoms with Crippen LogP contribution in [-0.4, -0.2) is 23.9 Å². The average molecular weight is 250 g/mol. The van der Waals surface area contributed by atoms with Gasteiger partial charge < -0.3 is 4.74 Å². The molecule has 0 atom stereocenters. The second-order valence-electron chi connectivity index (χ2n) is 4.14. The molecule has 0 saturated heterocycles. The van der Waals surface area contributed by atoms with Crippen LogP contribution in [0.25, 0.3) is 0 Å². The van der Waals surface area contributed by atoms with Crippen molar-refractivity contribution < 1.29 is 9.53 Å². The van der Waals surface area contributed by atoms with Crippen LogP contribution in [0.1, 0.15) is 35.7 Å². The lowest BCUT2D eigenvalue weighted by molar-refractivity contribution is 0.0994. The molecule has 1 aromatic carbocycles. The monoisotopic (exact) mass is 250 g/mol. The Morgan fingerprint density at radius 2 is 2.24 bits per heavy atom. The molecule has 0 radical (unpaired) electrons. The number of ketones is 1. The number of fused-ring (bicyclic) bond motifs is 1. The molecule has 0 fully saturated rings. The largest absolute Gasteiger partial charge is 0.494 e. The van der Waals surface area contributed by atoms with E-state index in [4.69, 9.17) is 4.74 Å². The molecular formula is C14H18O2S. The van der Waals surface area contributed by atoms with E-state index in [1.165, 1.54) is 5.75 Å². The summed E-state index contributed by atoms with van der Waals surface area (Å²) < 4.78 is 5.69. The zero-order valence-electron chi connectivity index (χ0n) is 10.2. The Labute approximate surface area is 107 Å². The van der Waals surface area contributed by atoms with Crippen LogP contribution in [0.15, 0.2) is 18.2 Å². The fourth-order valence-electron chi connectivity index (χ4n) is 2.02. The number of Topliss-reactive ketones (excluding diaryl/α,β-unsaturated/α-hetero) is 1. The van der Waals surface area contributed by atoms with E-state index >= 15 is 0 Å². The standard InChI is InChI=1S/C14H18O2S/c1-2-17-9-3-8-16-12-5-6-13-11(10-12)4-7-14(13)15/h5-6,10H,2-4,7-9H2,1H3. The molecule has 0 unspecified atom stereocenters. The van der Waals surface area contributed by atoms with E-state index in [1.54, 1.807) is 0 Å². The van der Waals surface area contributed by atoms with Gasteiger partial charge in [0.25, 0.3) is 0 Å². The molecule has 0 bridgehead atoms. The number of hydrogen-bond acceptors (Lipinski definition) is 3. The molecule has 2 nitrogen and oxygen atoms in total. The van der Waals surface area contributed by atoms with Crippen LogP contribution in [-0.2, 0) is 6.42 Å². The number of hydrogen-bond donors (Lipinski definition) is 0. The number of aryl methyl sites for hydroxylation is 1. The summed E-state index contributed by atoms with van der Waals surface area (Å²) in [5.74, 6) is 3.49. The summed E-state index contributed by atoms with van der Waals surface area (Å²) in [7, 11) is 0. The molecular weight excluding hydrogens is 232 g/mol. The molecule has 0 aliphatic heterocycles. The topological polar surface area (TPSA) is 26.3 Å². The third-order valence-corrected chi connectivity index (χ3v) is 3.89. The lowest BCUT2D eigenvalue weighted by atomic mass is 10.1. The van der Waals surface area contributed by atoms with Crippen LogP contribution in [0, 0.1) is 0 Å². The number of carbonyl (C=O) groups is 1. The van der Waals surface area contributed by atoms with Crippen molar-refractivity contribution in [3.05, 3.63) is 29.3 Å². The van der Waals surface area contributed by atoms with Crippen LogP contribution in [0.2, 0.25) is 0 Å². The summed E-state index contributed by atoms with van der Waals surface area (Å²) in [5.41, 5.74) is 2.04. The average Bonchev–Trinajstić information content (AvgIpc) is 2.71. The summed E-state index contributed by atoms with van der Waals surface area (Å²) in [6.07, 6.45) is 2.61. The molecule has 92 valence electrons. The molecule has 0 saturated carbocycles. The fraction of sp³-hybridized carbons (Fsp3) is 0.500. The number of benzene rings is 1. The van der Waals surface area contributed by atoms with E-state index < -0.39 is 0 Å². The van der Waals surface area contributed by atoms with Crippen molar-refractivity contribution in [2.24, 2.45) is 0 Å². The molecule has 0 amide bonds. The van der Waals surface area contributed by atoms with Gasteiger partial charge in [-0.25, -0.2) is 0 Å². The summed E-state index contributed by atoms with van der Waals surface area (Å²) in [4.78, 5) is 11.5. The van der Waals surface area contributed by atoms with Gasteiger partial charge in [0.15, 0.2) is 5.78 Å². The van der Waals surface area contributed by atoms with Crippen molar-refractivity contribution in [1.29, 1.82) is 0 Å². The van der Waals surface area contributed by atoms with Crippen molar-refractivity contribution in [2.75, 3.05) is 18.1 Å². The van der Waals surface area contributed by atoms with Gasteiger partial charge >= 0.3 is 0 Å². The van der Waals surface area contributed by atoms with Gasteiger partial charge in [0, 0.05) is 12.0 Å². The lowest BCUT2D eigenvalue weighted by Crippen LogP contribution is -2.00. The van der Waals surface area contributed by atoms with E-state index in [2.05, 4.69) is 6.92 Å². The molecule has 2 rings (SSSR count). The highest BCUT2D eigenvalue weighted by atomic mass is 32.2. The van der Waals surface area contributed by atoms with Crippen LogP contribution in [0.4, 0.5) is 0 Å². The van der Waals surface area contributed by atoms with Gasteiger partial charge in [-0.2, -0.15) is 11.8 Å². The Bertz CT molecular complexity index is 401. The van der Waals surface area contributed by atoms with Gasteiger partial charge in [-0.3, -0.25) is 4.79 Å². The molecule has 3 heteroatoms. The summed E-state index contributed by atoms with van der Waals surface area (Å²) in [5, 5.41) is 0. The number of ether oxygens (including phenoxy) is 1. The Balaban J connectivity index is 1.84. The zero-order valence-corrected chi connectivity index (χ0v) is 11.0. The van der Waals surface area contributed by atoms with Crippen molar-refractivity contribution in [3.63, 3.8) is 0 Å². The van der Waals surface area contributed by atoms with E-state index in [0.717, 1.165) is 42.1 Å². The van der Waals surface area contributed by atoms with E-state index in [9.17, 15) is 4.79 Å². The van der Waals surface area contributed by atoms with Gasteiger partial charge in [0.2, 0.25) is 0 Å². The van der Waals surface area contributed by atoms with Crippen molar-refractivity contribution in [2.45, 2.75) is 26.2 Å². The summed E-state index contributed by atoms with van der Waals surface area (Å²) in [6.45, 7) is 2.93. The normalized spacial score (nSPS) is 13.8. The second-order valence-corrected chi connectivity index (χ2v) is 5.53. The highest BCUT2D eigenvalue weighted by molar-refractivity contribution is 7.99. The third kappa shape index (κ3) is 3.25. The Hall–Kier alpha value is -0.960. The Morgan fingerprint density at radius 1 is 1.35 bits per heavy atom. The van der Waals surface area contributed by atoms with Crippen LogP contribution >= 0.6 is 11.8 Å². The van der Waals surface area contributed by atoms with Gasteiger partial charge in [-0.05, 0) is 48.1 Å². The molecule has 0 N–H and O–H groups in total. The maximum absolute atomic E-state index is 11.5. The van der Waals surface area contributed by atoms with E-state index in [-0.39, 0.29) is 5.78 Å². The SMILES string of the molecule is CCSCCCOc1ccc2c(c1)CCC2=O. The summed E-state index contributed by atoms with van der Waals surface area (Å²) >= 11 is 1.94. The highest BCUT2D eigenvalue weighted by Crippen LogP contribution is 2.26. The van der Waals surface area contributed by atoms with Crippen molar-refractivity contribution in [1.82, 2.24) is 0 Å². The highest BCUT2D eigenvalue weighted by Gasteiger charge is 2.19. The molecule has 1 aromatic rings. The minimum absolute atomic E-state index is 0.269. The lowest BCUT2D eigenvalue weighted by Gasteiger charge is -2.07. The smallest absolute Gasteiger partial charge is 0.163 e. The maximum Gasteiger partial charge on any atom is 0.163 e. The first-order chi connectivity index (χ1) is 8.31. The minimum atomic E-state index is 0.269. The first kappa shape index (κ1) is 12.5. The van der Waals surface area contributed by atoms with Gasteiger partial charge in [-0.1, -0.05) is 6.92 Å². The predicted octanol–water partition coefficient (Wildman–Crippen LogP) is 3.34. The number of carbonyl (C=O) groups excluding carboxylic acids is 1. The Morgan fingerprint density at radius 3 is 3.06 bits per heavy atom. The third-order valence-electron chi connectivity index (χ3n) is 2.90. The second kappa shape index (κ2) is 6.10. The first-order valence-electron chi connectivity index (χ1n) is 6.18. The van der Waals surface area contributed by atoms with Crippen LogP contribution in [0.3, 0.4) is 0 Å². The molecule has 17 heavy (non-hydrogen) atoms. The van der Waals surface area contributed by atoms with Crippen molar-refractivity contribution >= 4 is 17.5 Å². The maximum atomic E-state index is 11.5. The quantitative estimate of drug-likeness (QED) is 0.724. The van der Waals surface area contributed by atoms with Crippen LogP contribution < -0.4 is 4.74 Å². The van der Waals surface area contributed by atoms with E-state index in [0.29, 0.717) is 6.42 Å². The van der Waals surface area contributed by atoms with Gasteiger partial charge in [0.1, 0.15) is 5.75 Å². The van der Waals surface area contributed by atoms with Crippen LogP contribution in [0.5, 0.6) is 5.75 Å². The Kier molecular flexibility index (Phi) is 4.49. The van der Waals surface area contributed by atoms with Gasteiger partial charge in [-0.15, -0.1) is 0 Å². The zero-order chi connectivity index (χ0) is 12.1. The fourth-order valence-corrected chi connectivity index (χ4v) is 2.63. The molecule has 1 aliphatic rings. The number of thioether (sulfide) groups is 1. The minimum Gasteiger partial charge on any atom is -0.494 e. The number of rotatable bonds is 6. The van der Waals surface area contributed by atoms with E-state index in [1.807, 2.05) is 30.0 Å². The molecule has 0 heterocycles. The first-order valence-corrected chi connectivity index (χ1v) is 7.33.